The minimum Gasteiger partial charge on any atom is -0.492 e. The predicted octanol–water partition coefficient (Wildman–Crippen LogP) is 4.81. The maximum Gasteiger partial charge on any atom is 0.335 e. The van der Waals surface area contributed by atoms with Crippen molar-refractivity contribution in [2.24, 2.45) is 0 Å². The molecule has 0 saturated carbocycles. The molecule has 0 saturated heterocycles. The number of ether oxygens (including phenoxy) is 3. The molecule has 3 rings (SSSR count). The van der Waals surface area contributed by atoms with E-state index in [0.29, 0.717) is 26.2 Å². The predicted molar refractivity (Wildman–Crippen MR) is 124 cm³/mol. The van der Waals surface area contributed by atoms with Crippen molar-refractivity contribution < 1.29 is 19.0 Å². The summed E-state index contributed by atoms with van der Waals surface area (Å²) in [6.45, 7) is 7.43. The fourth-order valence-electron chi connectivity index (χ4n) is 3.87. The number of anilines is 1. The summed E-state index contributed by atoms with van der Waals surface area (Å²) in [7, 11) is 0. The van der Waals surface area contributed by atoms with Gasteiger partial charge in [-0.3, -0.25) is 0 Å². The summed E-state index contributed by atoms with van der Waals surface area (Å²) >= 11 is 0. The van der Waals surface area contributed by atoms with E-state index in [2.05, 4.69) is 36.1 Å². The third-order valence-electron chi connectivity index (χ3n) is 5.55. The Labute approximate surface area is 186 Å². The molecule has 0 spiro atoms. The quantitative estimate of drug-likeness (QED) is 0.361. The zero-order valence-electron chi connectivity index (χ0n) is 18.8. The molecule has 0 aliphatic carbocycles. The number of para-hydroxylation sites is 1. The van der Waals surface area contributed by atoms with Crippen molar-refractivity contribution in [1.29, 1.82) is 0 Å². The van der Waals surface area contributed by atoms with Crippen molar-refractivity contribution in [3.8, 4) is 5.75 Å². The molecule has 0 amide bonds. The molecule has 5 nitrogen and oxygen atoms in total. The summed E-state index contributed by atoms with van der Waals surface area (Å²) in [5.74, 6) is 0.550. The van der Waals surface area contributed by atoms with Gasteiger partial charge in [0, 0.05) is 25.3 Å². The van der Waals surface area contributed by atoms with Crippen molar-refractivity contribution in [3.05, 3.63) is 59.7 Å². The van der Waals surface area contributed by atoms with Gasteiger partial charge in [-0.25, -0.2) is 4.79 Å². The Hall–Kier alpha value is -2.53. The smallest absolute Gasteiger partial charge is 0.335 e. The Morgan fingerprint density at radius 1 is 1.06 bits per heavy atom. The number of hydrogen-bond acceptors (Lipinski definition) is 5. The molecule has 1 heterocycles. The van der Waals surface area contributed by atoms with Crippen LogP contribution in [0.2, 0.25) is 0 Å². The monoisotopic (exact) mass is 425 g/mol. The van der Waals surface area contributed by atoms with E-state index in [1.54, 1.807) is 0 Å². The van der Waals surface area contributed by atoms with Crippen LogP contribution in [0.1, 0.15) is 44.2 Å². The van der Waals surface area contributed by atoms with E-state index < -0.39 is 6.10 Å². The zero-order valence-corrected chi connectivity index (χ0v) is 18.8. The first-order valence-corrected chi connectivity index (χ1v) is 11.5. The Balaban J connectivity index is 1.49. The number of nitrogens with zero attached hydrogens (tertiary/aromatic N) is 1. The van der Waals surface area contributed by atoms with Crippen LogP contribution >= 0.6 is 0 Å². The summed E-state index contributed by atoms with van der Waals surface area (Å²) in [5.41, 5.74) is 3.79. The second kappa shape index (κ2) is 12.4. The number of aryl methyl sites for hydroxylation is 1. The summed E-state index contributed by atoms with van der Waals surface area (Å²) in [6, 6.07) is 16.6. The van der Waals surface area contributed by atoms with Crippen molar-refractivity contribution in [2.45, 2.75) is 52.1 Å². The van der Waals surface area contributed by atoms with E-state index in [9.17, 15) is 4.79 Å². The molecule has 0 aromatic heterocycles. The Morgan fingerprint density at radius 3 is 2.65 bits per heavy atom. The first-order chi connectivity index (χ1) is 15.2. The minimum absolute atomic E-state index is 0.291. The van der Waals surface area contributed by atoms with E-state index >= 15 is 0 Å². The van der Waals surface area contributed by atoms with Crippen molar-refractivity contribution in [2.75, 3.05) is 37.8 Å². The topological polar surface area (TPSA) is 48.0 Å². The molecule has 0 radical (unpaired) electrons. The number of hydrogen-bond donors (Lipinski definition) is 0. The summed E-state index contributed by atoms with van der Waals surface area (Å²) in [5, 5.41) is 0. The molecule has 1 atom stereocenters. The number of unbranched alkanes of at least 4 members (excludes halogenated alkanes) is 1. The van der Waals surface area contributed by atoms with Gasteiger partial charge in [0.2, 0.25) is 0 Å². The van der Waals surface area contributed by atoms with Gasteiger partial charge in [0.1, 0.15) is 12.4 Å². The van der Waals surface area contributed by atoms with Crippen LogP contribution in [0.5, 0.6) is 5.75 Å². The van der Waals surface area contributed by atoms with Gasteiger partial charge >= 0.3 is 5.97 Å². The largest absolute Gasteiger partial charge is 0.492 e. The molecular formula is C26H35NO4. The zero-order chi connectivity index (χ0) is 21.9. The Kier molecular flexibility index (Phi) is 9.22. The van der Waals surface area contributed by atoms with Crippen LogP contribution in [0.15, 0.2) is 48.5 Å². The lowest BCUT2D eigenvalue weighted by Crippen LogP contribution is -2.33. The maximum absolute atomic E-state index is 12.2. The fraction of sp³-hybridized carbons (Fsp3) is 0.500. The molecule has 168 valence electrons. The highest BCUT2D eigenvalue weighted by atomic mass is 16.6. The standard InChI is InChI=1S/C26H35NO4/c1-3-5-18-31-25(26(28)29-4-2)20-21-12-14-23(15-13-21)30-19-17-27-16-8-10-22-9-6-7-11-24(22)27/h6-7,9,11-15,25H,3-5,8,10,16-20H2,1-2H3. The van der Waals surface area contributed by atoms with E-state index in [1.165, 1.54) is 17.7 Å². The second-order valence-electron chi connectivity index (χ2n) is 7.88. The second-order valence-corrected chi connectivity index (χ2v) is 7.88. The average molecular weight is 426 g/mol. The normalized spacial score (nSPS) is 14.1. The summed E-state index contributed by atoms with van der Waals surface area (Å²) in [6.07, 6.45) is 4.26. The fourth-order valence-corrected chi connectivity index (χ4v) is 3.87. The SMILES string of the molecule is CCCCOC(Cc1ccc(OCCN2CCCc3ccccc32)cc1)C(=O)OCC. The van der Waals surface area contributed by atoms with Crippen LogP contribution in [0.4, 0.5) is 5.69 Å². The Morgan fingerprint density at radius 2 is 1.87 bits per heavy atom. The molecule has 1 aliphatic heterocycles. The number of carbonyl (C=O) groups excluding carboxylic acids is 1. The van der Waals surface area contributed by atoms with Gasteiger partial charge in [0.15, 0.2) is 6.10 Å². The van der Waals surface area contributed by atoms with E-state index in [4.69, 9.17) is 14.2 Å². The number of carbonyl (C=O) groups is 1. The summed E-state index contributed by atoms with van der Waals surface area (Å²) < 4.78 is 16.9. The first kappa shape index (κ1) is 23.1. The molecular weight excluding hydrogens is 390 g/mol. The lowest BCUT2D eigenvalue weighted by molar-refractivity contribution is -0.156. The van der Waals surface area contributed by atoms with Crippen LogP contribution in [0.25, 0.3) is 0 Å². The molecule has 0 fully saturated rings. The van der Waals surface area contributed by atoms with Gasteiger partial charge < -0.3 is 19.1 Å². The number of benzene rings is 2. The van der Waals surface area contributed by atoms with Gasteiger partial charge in [0.25, 0.3) is 0 Å². The minimum atomic E-state index is -0.558. The van der Waals surface area contributed by atoms with Crippen LogP contribution in [0.3, 0.4) is 0 Å². The van der Waals surface area contributed by atoms with Crippen LogP contribution in [-0.4, -0.2) is 45.0 Å². The molecule has 5 heteroatoms. The van der Waals surface area contributed by atoms with E-state index in [1.807, 2.05) is 31.2 Å². The maximum atomic E-state index is 12.2. The van der Waals surface area contributed by atoms with E-state index in [-0.39, 0.29) is 5.97 Å². The highest BCUT2D eigenvalue weighted by Gasteiger charge is 2.21. The van der Waals surface area contributed by atoms with Gasteiger partial charge in [-0.15, -0.1) is 0 Å². The third kappa shape index (κ3) is 7.00. The van der Waals surface area contributed by atoms with Gasteiger partial charge in [-0.1, -0.05) is 43.7 Å². The first-order valence-electron chi connectivity index (χ1n) is 11.5. The van der Waals surface area contributed by atoms with E-state index in [0.717, 1.165) is 43.7 Å². The van der Waals surface area contributed by atoms with Gasteiger partial charge in [-0.05, 0) is 55.5 Å². The molecule has 1 unspecified atom stereocenters. The van der Waals surface area contributed by atoms with Crippen LogP contribution < -0.4 is 9.64 Å². The van der Waals surface area contributed by atoms with Gasteiger partial charge in [-0.2, -0.15) is 0 Å². The highest BCUT2D eigenvalue weighted by Crippen LogP contribution is 2.26. The van der Waals surface area contributed by atoms with Crippen molar-refractivity contribution >= 4 is 11.7 Å². The lowest BCUT2D eigenvalue weighted by Gasteiger charge is -2.31. The molecule has 0 N–H and O–H groups in total. The lowest BCUT2D eigenvalue weighted by atomic mass is 10.0. The number of fused-ring (bicyclic) bond motifs is 1. The number of rotatable bonds is 12. The third-order valence-corrected chi connectivity index (χ3v) is 5.55. The molecule has 1 aliphatic rings. The highest BCUT2D eigenvalue weighted by molar-refractivity contribution is 5.75. The molecule has 2 aromatic rings. The van der Waals surface area contributed by atoms with Crippen LogP contribution in [0, 0.1) is 0 Å². The molecule has 2 aromatic carbocycles. The molecule has 0 bridgehead atoms. The average Bonchev–Trinajstić information content (AvgIpc) is 2.80. The van der Waals surface area contributed by atoms with Gasteiger partial charge in [0.05, 0.1) is 13.2 Å². The van der Waals surface area contributed by atoms with Crippen LogP contribution in [-0.2, 0) is 27.1 Å². The number of esters is 1. The summed E-state index contributed by atoms with van der Waals surface area (Å²) in [4.78, 5) is 14.6. The Bertz CT molecular complexity index is 805. The van der Waals surface area contributed by atoms with Crippen molar-refractivity contribution in [3.63, 3.8) is 0 Å². The molecule has 31 heavy (non-hydrogen) atoms. The van der Waals surface area contributed by atoms with Crippen molar-refractivity contribution in [1.82, 2.24) is 0 Å².